The first kappa shape index (κ1) is 17.2. The van der Waals surface area contributed by atoms with Gasteiger partial charge in [0.05, 0.1) is 13.2 Å². The van der Waals surface area contributed by atoms with Crippen LogP contribution < -0.4 is 10.6 Å². The Morgan fingerprint density at radius 1 is 1.44 bits per heavy atom. The summed E-state index contributed by atoms with van der Waals surface area (Å²) >= 11 is 0. The molecule has 0 aliphatic heterocycles. The molecule has 1 heterocycles. The molecule has 104 valence electrons. The van der Waals surface area contributed by atoms with Gasteiger partial charge in [-0.25, -0.2) is 4.99 Å². The topological polar surface area (TPSA) is 71.7 Å². The summed E-state index contributed by atoms with van der Waals surface area (Å²) in [6.07, 6.45) is 1.54. The minimum Gasteiger partial charge on any atom is -0.380 e. The lowest BCUT2D eigenvalue weighted by Crippen LogP contribution is -2.39. The molecule has 1 aromatic heterocycles. The number of guanidine groups is 1. The second-order valence-corrected chi connectivity index (χ2v) is 3.31. The molecule has 0 fully saturated rings. The first-order valence-corrected chi connectivity index (χ1v) is 5.86. The molecule has 0 aliphatic rings. The van der Waals surface area contributed by atoms with Crippen molar-refractivity contribution < 1.29 is 9.26 Å². The summed E-state index contributed by atoms with van der Waals surface area (Å²) in [7, 11) is 0. The second kappa shape index (κ2) is 11.3. The lowest BCUT2D eigenvalue weighted by molar-refractivity contribution is 0.152. The molecular formula is C11H21IN4O2. The number of nitrogens with one attached hydrogen (secondary N) is 2. The Balaban J connectivity index is 0.00000289. The van der Waals surface area contributed by atoms with Gasteiger partial charge in [0.2, 0.25) is 0 Å². The number of ether oxygens (including phenoxy) is 1. The summed E-state index contributed by atoms with van der Waals surface area (Å²) in [5.74, 6) is 0.759. The average molecular weight is 368 g/mol. The predicted molar refractivity (Wildman–Crippen MR) is 81.2 cm³/mol. The van der Waals surface area contributed by atoms with Gasteiger partial charge in [-0.15, -0.1) is 24.0 Å². The molecule has 0 bridgehead atoms. The van der Waals surface area contributed by atoms with Gasteiger partial charge in [0, 0.05) is 25.8 Å². The van der Waals surface area contributed by atoms with Crippen LogP contribution in [0.4, 0.5) is 0 Å². The lowest BCUT2D eigenvalue weighted by atomic mass is 10.4. The van der Waals surface area contributed by atoms with Crippen LogP contribution in [0.15, 0.2) is 21.8 Å². The van der Waals surface area contributed by atoms with E-state index in [0.717, 1.165) is 31.3 Å². The molecule has 1 aromatic rings. The first-order chi connectivity index (χ1) is 8.36. The smallest absolute Gasteiger partial charge is 0.191 e. The molecule has 0 amide bonds. The van der Waals surface area contributed by atoms with Crippen LogP contribution in [0, 0.1) is 0 Å². The van der Waals surface area contributed by atoms with Gasteiger partial charge >= 0.3 is 0 Å². The molecule has 0 atom stereocenters. The summed E-state index contributed by atoms with van der Waals surface area (Å²) in [4.78, 5) is 4.37. The Morgan fingerprint density at radius 2 is 2.28 bits per heavy atom. The fourth-order valence-corrected chi connectivity index (χ4v) is 1.21. The normalized spacial score (nSPS) is 10.9. The van der Waals surface area contributed by atoms with Gasteiger partial charge in [-0.05, 0) is 13.8 Å². The molecule has 0 saturated carbocycles. The number of hydrogen-bond acceptors (Lipinski definition) is 4. The zero-order chi connectivity index (χ0) is 12.3. The highest BCUT2D eigenvalue weighted by atomic mass is 127. The third-order valence-electron chi connectivity index (χ3n) is 1.98. The molecule has 2 N–H and O–H groups in total. The fraction of sp³-hybridized carbons (Fsp3) is 0.636. The van der Waals surface area contributed by atoms with Gasteiger partial charge in [0.1, 0.15) is 12.0 Å². The van der Waals surface area contributed by atoms with Gasteiger partial charge < -0.3 is 19.9 Å². The van der Waals surface area contributed by atoms with Crippen molar-refractivity contribution in [1.29, 1.82) is 0 Å². The van der Waals surface area contributed by atoms with Gasteiger partial charge in [0.15, 0.2) is 5.96 Å². The Morgan fingerprint density at radius 3 is 2.89 bits per heavy atom. The van der Waals surface area contributed by atoms with Crippen LogP contribution >= 0.6 is 24.0 Å². The number of nitrogens with zero attached hydrogens (tertiary/aromatic N) is 2. The molecule has 0 aliphatic carbocycles. The first-order valence-electron chi connectivity index (χ1n) is 5.86. The Labute approximate surface area is 125 Å². The van der Waals surface area contributed by atoms with E-state index >= 15 is 0 Å². The number of rotatable bonds is 7. The Bertz CT molecular complexity index is 317. The largest absolute Gasteiger partial charge is 0.380 e. The van der Waals surface area contributed by atoms with Crippen molar-refractivity contribution in [3.8, 4) is 0 Å². The highest BCUT2D eigenvalue weighted by Crippen LogP contribution is 1.95. The third kappa shape index (κ3) is 7.49. The molecular weight excluding hydrogens is 347 g/mol. The van der Waals surface area contributed by atoms with Crippen LogP contribution in [0.5, 0.6) is 0 Å². The standard InChI is InChI=1S/C11H20N4O2.HI/c1-3-12-11(13-6-8-16-4-2)14-9-10-5-7-17-15-10;/h5,7H,3-4,6,8-9H2,1-2H3,(H2,12,13,14);1H. The Kier molecular flexibility index (Phi) is 10.8. The maximum atomic E-state index is 5.24. The van der Waals surface area contributed by atoms with Crippen LogP contribution in [-0.4, -0.2) is 37.4 Å². The molecule has 7 heteroatoms. The van der Waals surface area contributed by atoms with Crippen LogP contribution in [-0.2, 0) is 11.3 Å². The van der Waals surface area contributed by atoms with E-state index in [1.165, 1.54) is 0 Å². The van der Waals surface area contributed by atoms with E-state index < -0.39 is 0 Å². The van der Waals surface area contributed by atoms with Gasteiger partial charge in [-0.3, -0.25) is 0 Å². The van der Waals surface area contributed by atoms with Crippen LogP contribution in [0.3, 0.4) is 0 Å². The van der Waals surface area contributed by atoms with E-state index in [4.69, 9.17) is 9.26 Å². The van der Waals surface area contributed by atoms with Crippen molar-refractivity contribution in [1.82, 2.24) is 15.8 Å². The summed E-state index contributed by atoms with van der Waals surface area (Å²) in [6.45, 7) is 7.46. The van der Waals surface area contributed by atoms with Crippen LogP contribution in [0.25, 0.3) is 0 Å². The lowest BCUT2D eigenvalue weighted by Gasteiger charge is -2.10. The van der Waals surface area contributed by atoms with E-state index in [1.54, 1.807) is 12.3 Å². The summed E-state index contributed by atoms with van der Waals surface area (Å²) < 4.78 is 9.98. The Hall–Kier alpha value is -0.830. The second-order valence-electron chi connectivity index (χ2n) is 3.31. The highest BCUT2D eigenvalue weighted by molar-refractivity contribution is 14.0. The van der Waals surface area contributed by atoms with Gasteiger partial charge in [-0.1, -0.05) is 5.16 Å². The molecule has 0 saturated heterocycles. The van der Waals surface area contributed by atoms with E-state index in [2.05, 4.69) is 20.8 Å². The number of aromatic nitrogens is 1. The minimum absolute atomic E-state index is 0. The molecule has 0 aromatic carbocycles. The molecule has 0 radical (unpaired) electrons. The van der Waals surface area contributed by atoms with E-state index in [9.17, 15) is 0 Å². The predicted octanol–water partition coefficient (Wildman–Crippen LogP) is 1.38. The quantitative estimate of drug-likeness (QED) is 0.329. The van der Waals surface area contributed by atoms with Crippen molar-refractivity contribution in [2.45, 2.75) is 20.4 Å². The monoisotopic (exact) mass is 368 g/mol. The molecule has 0 unspecified atom stereocenters. The minimum atomic E-state index is 0. The van der Waals surface area contributed by atoms with E-state index in [0.29, 0.717) is 13.2 Å². The molecule has 18 heavy (non-hydrogen) atoms. The molecule has 6 nitrogen and oxygen atoms in total. The summed E-state index contributed by atoms with van der Waals surface area (Å²) in [5, 5.41) is 10.1. The van der Waals surface area contributed by atoms with Crippen molar-refractivity contribution in [3.05, 3.63) is 18.0 Å². The average Bonchev–Trinajstić information content (AvgIpc) is 2.84. The number of halogens is 1. The van der Waals surface area contributed by atoms with Gasteiger partial charge in [0.25, 0.3) is 0 Å². The van der Waals surface area contributed by atoms with Crippen molar-refractivity contribution in [2.75, 3.05) is 26.3 Å². The van der Waals surface area contributed by atoms with Gasteiger partial charge in [-0.2, -0.15) is 0 Å². The van der Waals surface area contributed by atoms with Crippen LogP contribution in [0.1, 0.15) is 19.5 Å². The van der Waals surface area contributed by atoms with Crippen molar-refractivity contribution in [2.24, 2.45) is 4.99 Å². The number of aliphatic imine (C=N–C) groups is 1. The fourth-order valence-electron chi connectivity index (χ4n) is 1.21. The maximum Gasteiger partial charge on any atom is 0.191 e. The maximum absolute atomic E-state index is 5.24. The van der Waals surface area contributed by atoms with Crippen molar-refractivity contribution in [3.63, 3.8) is 0 Å². The third-order valence-corrected chi connectivity index (χ3v) is 1.98. The van der Waals surface area contributed by atoms with Crippen LogP contribution in [0.2, 0.25) is 0 Å². The summed E-state index contributed by atoms with van der Waals surface area (Å²) in [5.41, 5.74) is 0.812. The zero-order valence-electron chi connectivity index (χ0n) is 10.8. The SMILES string of the molecule is CCNC(=NCc1ccon1)NCCOCC.I. The zero-order valence-corrected chi connectivity index (χ0v) is 13.1. The number of hydrogen-bond donors (Lipinski definition) is 2. The van der Waals surface area contributed by atoms with E-state index in [1.807, 2.05) is 13.8 Å². The summed E-state index contributed by atoms with van der Waals surface area (Å²) in [6, 6.07) is 1.80. The van der Waals surface area contributed by atoms with E-state index in [-0.39, 0.29) is 24.0 Å². The molecule has 0 spiro atoms. The molecule has 1 rings (SSSR count). The highest BCUT2D eigenvalue weighted by Gasteiger charge is 1.98. The van der Waals surface area contributed by atoms with Crippen molar-refractivity contribution >= 4 is 29.9 Å².